The van der Waals surface area contributed by atoms with E-state index in [4.69, 9.17) is 0 Å². The van der Waals surface area contributed by atoms with E-state index in [1.54, 1.807) is 0 Å². The monoisotopic (exact) mass is 343 g/mol. The lowest BCUT2D eigenvalue weighted by Crippen LogP contribution is -2.27. The van der Waals surface area contributed by atoms with Gasteiger partial charge in [-0.05, 0) is 41.2 Å². The normalized spacial score (nSPS) is 14.5. The van der Waals surface area contributed by atoms with Crippen molar-refractivity contribution in [1.82, 2.24) is 0 Å². The summed E-state index contributed by atoms with van der Waals surface area (Å²) in [5, 5.41) is 10.2. The van der Waals surface area contributed by atoms with Crippen molar-refractivity contribution in [2.75, 3.05) is 11.4 Å². The van der Waals surface area contributed by atoms with Crippen LogP contribution in [0.5, 0.6) is 0 Å². The Morgan fingerprint density at radius 2 is 1.46 bits per heavy atom. The third-order valence-corrected chi connectivity index (χ3v) is 5.35. The molecule has 0 amide bonds. The third kappa shape index (κ3) is 3.13. The molecule has 26 heavy (non-hydrogen) atoms. The quantitative estimate of drug-likeness (QED) is 0.681. The number of hydrogen-bond donors (Lipinski definition) is 1. The van der Waals surface area contributed by atoms with Crippen LogP contribution in [0.2, 0.25) is 0 Å². The molecule has 1 aliphatic rings. The van der Waals surface area contributed by atoms with E-state index in [9.17, 15) is 5.11 Å². The van der Waals surface area contributed by atoms with Gasteiger partial charge in [0.05, 0.1) is 12.1 Å². The van der Waals surface area contributed by atoms with Crippen molar-refractivity contribution in [3.05, 3.63) is 101 Å². The SMILES string of the molecule is CCC(O)c1ccc2c(c1)CCN2C(c1ccccc1)c1ccccc1. The minimum absolute atomic E-state index is 0.209. The summed E-state index contributed by atoms with van der Waals surface area (Å²) in [6.07, 6.45) is 1.41. The van der Waals surface area contributed by atoms with Crippen LogP contribution in [-0.2, 0) is 6.42 Å². The van der Waals surface area contributed by atoms with Gasteiger partial charge in [-0.1, -0.05) is 79.7 Å². The zero-order chi connectivity index (χ0) is 17.9. The zero-order valence-corrected chi connectivity index (χ0v) is 15.2. The molecule has 0 spiro atoms. The van der Waals surface area contributed by atoms with Crippen molar-refractivity contribution in [3.63, 3.8) is 0 Å². The Hall–Kier alpha value is -2.58. The first kappa shape index (κ1) is 16.9. The smallest absolute Gasteiger partial charge is 0.0796 e. The molecule has 0 saturated carbocycles. The summed E-state index contributed by atoms with van der Waals surface area (Å²) in [6, 6.07) is 28.1. The molecule has 0 aromatic heterocycles. The van der Waals surface area contributed by atoms with Gasteiger partial charge in [-0.15, -0.1) is 0 Å². The molecule has 2 heteroatoms. The molecule has 0 fully saturated rings. The largest absolute Gasteiger partial charge is 0.388 e. The van der Waals surface area contributed by atoms with E-state index in [0.717, 1.165) is 24.9 Å². The highest BCUT2D eigenvalue weighted by Crippen LogP contribution is 2.39. The second-order valence-electron chi connectivity index (χ2n) is 6.98. The van der Waals surface area contributed by atoms with Crippen LogP contribution in [0.25, 0.3) is 0 Å². The van der Waals surface area contributed by atoms with Crippen LogP contribution in [0.4, 0.5) is 5.69 Å². The molecule has 0 bridgehead atoms. The number of hydrogen-bond acceptors (Lipinski definition) is 2. The number of aliphatic hydroxyl groups excluding tert-OH is 1. The first-order valence-corrected chi connectivity index (χ1v) is 9.45. The van der Waals surface area contributed by atoms with Crippen molar-refractivity contribution in [2.24, 2.45) is 0 Å². The van der Waals surface area contributed by atoms with Crippen LogP contribution in [0.1, 0.15) is 47.7 Å². The molecular weight excluding hydrogens is 318 g/mol. The Morgan fingerprint density at radius 3 is 2.04 bits per heavy atom. The van der Waals surface area contributed by atoms with E-state index in [1.807, 2.05) is 6.92 Å². The van der Waals surface area contributed by atoms with Gasteiger partial charge in [-0.25, -0.2) is 0 Å². The molecule has 1 atom stereocenters. The Labute approximate surface area is 155 Å². The number of rotatable bonds is 5. The number of aliphatic hydroxyl groups is 1. The molecule has 0 aliphatic carbocycles. The van der Waals surface area contributed by atoms with Crippen molar-refractivity contribution in [2.45, 2.75) is 31.9 Å². The Morgan fingerprint density at radius 1 is 0.846 bits per heavy atom. The molecule has 1 aliphatic heterocycles. The molecule has 3 aromatic carbocycles. The third-order valence-electron chi connectivity index (χ3n) is 5.35. The molecule has 3 aromatic rings. The maximum atomic E-state index is 10.2. The van der Waals surface area contributed by atoms with Gasteiger partial charge in [0.15, 0.2) is 0 Å². The average Bonchev–Trinajstić information content (AvgIpc) is 3.12. The standard InChI is InChI=1S/C24H25NO/c1-2-23(26)21-13-14-22-20(17-21)15-16-25(22)24(18-9-5-3-6-10-18)19-11-7-4-8-12-19/h3-14,17,23-24,26H,2,15-16H2,1H3. The summed E-state index contributed by atoms with van der Waals surface area (Å²) < 4.78 is 0. The van der Waals surface area contributed by atoms with Gasteiger partial charge in [0, 0.05) is 12.2 Å². The first-order chi connectivity index (χ1) is 12.8. The molecule has 1 unspecified atom stereocenters. The van der Waals surface area contributed by atoms with Crippen molar-refractivity contribution in [1.29, 1.82) is 0 Å². The second kappa shape index (κ2) is 7.35. The molecule has 0 saturated heterocycles. The minimum atomic E-state index is -0.367. The van der Waals surface area contributed by atoms with Gasteiger partial charge in [0.2, 0.25) is 0 Å². The summed E-state index contributed by atoms with van der Waals surface area (Å²) in [7, 11) is 0. The summed E-state index contributed by atoms with van der Waals surface area (Å²) >= 11 is 0. The van der Waals surface area contributed by atoms with Gasteiger partial charge < -0.3 is 10.0 Å². The van der Waals surface area contributed by atoms with E-state index >= 15 is 0 Å². The van der Waals surface area contributed by atoms with E-state index in [0.29, 0.717) is 0 Å². The number of fused-ring (bicyclic) bond motifs is 1. The first-order valence-electron chi connectivity index (χ1n) is 9.45. The van der Waals surface area contributed by atoms with Gasteiger partial charge >= 0.3 is 0 Å². The molecule has 1 N–H and O–H groups in total. The maximum Gasteiger partial charge on any atom is 0.0796 e. The summed E-state index contributed by atoms with van der Waals surface area (Å²) in [5.74, 6) is 0. The van der Waals surface area contributed by atoms with Crippen LogP contribution in [0, 0.1) is 0 Å². The molecular formula is C24H25NO. The average molecular weight is 343 g/mol. The Kier molecular flexibility index (Phi) is 4.77. The van der Waals surface area contributed by atoms with E-state index in [2.05, 4.69) is 83.8 Å². The minimum Gasteiger partial charge on any atom is -0.388 e. The fourth-order valence-corrected chi connectivity index (χ4v) is 3.98. The second-order valence-corrected chi connectivity index (χ2v) is 6.98. The molecule has 0 radical (unpaired) electrons. The lowest BCUT2D eigenvalue weighted by molar-refractivity contribution is 0.173. The highest BCUT2D eigenvalue weighted by molar-refractivity contribution is 5.62. The van der Waals surface area contributed by atoms with Crippen LogP contribution < -0.4 is 4.90 Å². The highest BCUT2D eigenvalue weighted by Gasteiger charge is 2.28. The lowest BCUT2D eigenvalue weighted by atomic mass is 9.96. The molecule has 132 valence electrons. The van der Waals surface area contributed by atoms with E-state index < -0.39 is 0 Å². The number of benzene rings is 3. The number of anilines is 1. The number of nitrogens with zero attached hydrogens (tertiary/aromatic N) is 1. The lowest BCUT2D eigenvalue weighted by Gasteiger charge is -2.31. The zero-order valence-electron chi connectivity index (χ0n) is 15.2. The fraction of sp³-hybridized carbons (Fsp3) is 0.250. The Balaban J connectivity index is 1.75. The van der Waals surface area contributed by atoms with E-state index in [1.165, 1.54) is 22.4 Å². The topological polar surface area (TPSA) is 23.5 Å². The highest BCUT2D eigenvalue weighted by atomic mass is 16.3. The van der Waals surface area contributed by atoms with Crippen LogP contribution in [-0.4, -0.2) is 11.7 Å². The summed E-state index contributed by atoms with van der Waals surface area (Å²) in [4.78, 5) is 2.50. The van der Waals surface area contributed by atoms with Crippen LogP contribution in [0.3, 0.4) is 0 Å². The van der Waals surface area contributed by atoms with Crippen molar-refractivity contribution in [3.8, 4) is 0 Å². The van der Waals surface area contributed by atoms with Gasteiger partial charge in [0.25, 0.3) is 0 Å². The van der Waals surface area contributed by atoms with Gasteiger partial charge in [0.1, 0.15) is 0 Å². The van der Waals surface area contributed by atoms with Crippen LogP contribution >= 0.6 is 0 Å². The predicted molar refractivity (Wildman–Crippen MR) is 107 cm³/mol. The van der Waals surface area contributed by atoms with Crippen LogP contribution in [0.15, 0.2) is 78.9 Å². The van der Waals surface area contributed by atoms with Crippen molar-refractivity contribution >= 4 is 5.69 Å². The predicted octanol–water partition coefficient (Wildman–Crippen LogP) is 5.28. The molecule has 1 heterocycles. The van der Waals surface area contributed by atoms with E-state index in [-0.39, 0.29) is 12.1 Å². The van der Waals surface area contributed by atoms with Gasteiger partial charge in [-0.3, -0.25) is 0 Å². The Bertz CT molecular complexity index is 820. The molecule has 4 rings (SSSR count). The fourth-order valence-electron chi connectivity index (χ4n) is 3.98. The summed E-state index contributed by atoms with van der Waals surface area (Å²) in [6.45, 7) is 3.01. The maximum absolute atomic E-state index is 10.2. The van der Waals surface area contributed by atoms with Gasteiger partial charge in [-0.2, -0.15) is 0 Å². The van der Waals surface area contributed by atoms with Crippen molar-refractivity contribution < 1.29 is 5.11 Å². The molecule has 2 nitrogen and oxygen atoms in total. The summed E-state index contributed by atoms with van der Waals surface area (Å²) in [5.41, 5.74) is 6.28.